The van der Waals surface area contributed by atoms with Gasteiger partial charge in [0, 0.05) is 17.5 Å². The zero-order valence-corrected chi connectivity index (χ0v) is 15.4. The van der Waals surface area contributed by atoms with Gasteiger partial charge >= 0.3 is 0 Å². The molecule has 4 rings (SSSR count). The summed E-state index contributed by atoms with van der Waals surface area (Å²) in [6.45, 7) is 3.96. The Hall–Kier alpha value is -2.90. The van der Waals surface area contributed by atoms with Crippen LogP contribution in [-0.2, 0) is 6.54 Å². The summed E-state index contributed by atoms with van der Waals surface area (Å²) in [6.07, 6.45) is 3.46. The van der Waals surface area contributed by atoms with Crippen molar-refractivity contribution in [3.63, 3.8) is 0 Å². The van der Waals surface area contributed by atoms with E-state index in [1.54, 1.807) is 4.57 Å². The van der Waals surface area contributed by atoms with Gasteiger partial charge in [0.2, 0.25) is 0 Å². The molecule has 0 spiro atoms. The molecule has 1 fully saturated rings. The molecule has 4 nitrogen and oxygen atoms in total. The minimum Gasteiger partial charge on any atom is -0.307 e. The van der Waals surface area contributed by atoms with Gasteiger partial charge in [0.25, 0.3) is 5.56 Å². The fourth-order valence-electron chi connectivity index (χ4n) is 4.10. The van der Waals surface area contributed by atoms with Crippen molar-refractivity contribution < 1.29 is 0 Å². The number of fused-ring (bicyclic) bond motifs is 1. The lowest BCUT2D eigenvalue weighted by atomic mass is 9.96. The minimum absolute atomic E-state index is 0.184. The Morgan fingerprint density at radius 1 is 0.926 bits per heavy atom. The Kier molecular flexibility index (Phi) is 5.04. The Labute approximate surface area is 159 Å². The number of aryl methyl sites for hydroxylation is 1. The highest BCUT2D eigenvalue weighted by Gasteiger charge is 2.18. The molecule has 2 heterocycles. The van der Waals surface area contributed by atoms with Crippen molar-refractivity contribution in [2.75, 3.05) is 19.6 Å². The van der Waals surface area contributed by atoms with E-state index in [0.717, 1.165) is 48.1 Å². The van der Waals surface area contributed by atoms with Crippen LogP contribution in [0, 0.1) is 11.3 Å². The number of hydrogen-bond donors (Lipinski definition) is 0. The van der Waals surface area contributed by atoms with Gasteiger partial charge in [-0.1, -0.05) is 48.5 Å². The average Bonchev–Trinajstić information content (AvgIpc) is 3.23. The van der Waals surface area contributed by atoms with E-state index in [-0.39, 0.29) is 11.1 Å². The number of nitrogens with zero attached hydrogens (tertiary/aromatic N) is 3. The summed E-state index contributed by atoms with van der Waals surface area (Å²) in [6, 6.07) is 19.8. The SMILES string of the molecule is N#Cc1c(-c2ccccc2)c2ccccc2n(CCCN2CCCC2)c1=O. The number of pyridine rings is 1. The number of nitriles is 1. The Morgan fingerprint density at radius 3 is 2.37 bits per heavy atom. The molecule has 0 saturated carbocycles. The molecule has 1 saturated heterocycles. The van der Waals surface area contributed by atoms with Crippen molar-refractivity contribution >= 4 is 10.9 Å². The number of rotatable bonds is 5. The molecular weight excluding hydrogens is 334 g/mol. The van der Waals surface area contributed by atoms with Crippen LogP contribution in [0.15, 0.2) is 59.4 Å². The standard InChI is InChI=1S/C23H23N3O/c24-17-20-22(18-9-2-1-3-10-18)19-11-4-5-12-21(19)26(23(20)27)16-8-15-25-13-6-7-14-25/h1-5,9-12H,6-8,13-16H2. The van der Waals surface area contributed by atoms with Crippen LogP contribution < -0.4 is 5.56 Å². The van der Waals surface area contributed by atoms with Gasteiger partial charge in [-0.05, 0) is 50.5 Å². The van der Waals surface area contributed by atoms with E-state index in [1.807, 2.05) is 54.6 Å². The van der Waals surface area contributed by atoms with Crippen molar-refractivity contribution in [1.29, 1.82) is 5.26 Å². The number of para-hydroxylation sites is 1. The van der Waals surface area contributed by atoms with Crippen LogP contribution in [-0.4, -0.2) is 29.1 Å². The Morgan fingerprint density at radius 2 is 1.63 bits per heavy atom. The van der Waals surface area contributed by atoms with Crippen molar-refractivity contribution in [2.24, 2.45) is 0 Å². The van der Waals surface area contributed by atoms with E-state index in [9.17, 15) is 10.1 Å². The lowest BCUT2D eigenvalue weighted by molar-refractivity contribution is 0.325. The molecule has 27 heavy (non-hydrogen) atoms. The fourth-order valence-corrected chi connectivity index (χ4v) is 4.10. The molecule has 0 bridgehead atoms. The smallest absolute Gasteiger partial charge is 0.269 e. The van der Waals surface area contributed by atoms with Gasteiger partial charge in [-0.25, -0.2) is 0 Å². The second kappa shape index (κ2) is 7.77. The van der Waals surface area contributed by atoms with Gasteiger partial charge in [0.05, 0.1) is 5.52 Å². The summed E-state index contributed by atoms with van der Waals surface area (Å²) < 4.78 is 1.79. The highest BCUT2D eigenvalue weighted by molar-refractivity contribution is 5.97. The van der Waals surface area contributed by atoms with Crippen LogP contribution in [0.4, 0.5) is 0 Å². The largest absolute Gasteiger partial charge is 0.307 e. The minimum atomic E-state index is -0.184. The summed E-state index contributed by atoms with van der Waals surface area (Å²) >= 11 is 0. The van der Waals surface area contributed by atoms with Crippen molar-refractivity contribution in [1.82, 2.24) is 9.47 Å². The zero-order chi connectivity index (χ0) is 18.6. The van der Waals surface area contributed by atoms with Crippen molar-refractivity contribution in [2.45, 2.75) is 25.8 Å². The molecule has 0 unspecified atom stereocenters. The molecule has 136 valence electrons. The van der Waals surface area contributed by atoms with Crippen LogP contribution in [0.5, 0.6) is 0 Å². The second-order valence-corrected chi connectivity index (χ2v) is 7.10. The topological polar surface area (TPSA) is 49.0 Å². The van der Waals surface area contributed by atoms with Crippen molar-refractivity contribution in [3.05, 3.63) is 70.5 Å². The normalized spacial score (nSPS) is 14.5. The highest BCUT2D eigenvalue weighted by atomic mass is 16.1. The number of likely N-dealkylation sites (tertiary alicyclic amines) is 1. The van der Waals surface area contributed by atoms with E-state index in [2.05, 4.69) is 11.0 Å². The van der Waals surface area contributed by atoms with Crippen LogP contribution in [0.1, 0.15) is 24.8 Å². The first-order valence-corrected chi connectivity index (χ1v) is 9.63. The summed E-state index contributed by atoms with van der Waals surface area (Å²) in [5.41, 5.74) is 2.61. The predicted octanol–water partition coefficient (Wildman–Crippen LogP) is 4.03. The molecule has 0 amide bonds. The maximum atomic E-state index is 13.2. The van der Waals surface area contributed by atoms with Gasteiger partial charge in [0.1, 0.15) is 11.6 Å². The van der Waals surface area contributed by atoms with Gasteiger partial charge < -0.3 is 9.47 Å². The van der Waals surface area contributed by atoms with Gasteiger partial charge in [-0.15, -0.1) is 0 Å². The molecule has 1 aromatic heterocycles. The first-order valence-electron chi connectivity index (χ1n) is 9.63. The van der Waals surface area contributed by atoms with E-state index in [4.69, 9.17) is 0 Å². The average molecular weight is 357 g/mol. The molecule has 0 atom stereocenters. The number of aromatic nitrogens is 1. The molecule has 0 N–H and O–H groups in total. The van der Waals surface area contributed by atoms with E-state index in [1.165, 1.54) is 12.8 Å². The summed E-state index contributed by atoms with van der Waals surface area (Å²) in [5.74, 6) is 0. The van der Waals surface area contributed by atoms with Crippen LogP contribution in [0.2, 0.25) is 0 Å². The highest BCUT2D eigenvalue weighted by Crippen LogP contribution is 2.30. The molecule has 4 heteroatoms. The predicted molar refractivity (Wildman–Crippen MR) is 109 cm³/mol. The van der Waals surface area contributed by atoms with E-state index in [0.29, 0.717) is 6.54 Å². The van der Waals surface area contributed by atoms with Gasteiger partial charge in [-0.2, -0.15) is 5.26 Å². The third kappa shape index (κ3) is 3.39. The van der Waals surface area contributed by atoms with Crippen molar-refractivity contribution in [3.8, 4) is 17.2 Å². The zero-order valence-electron chi connectivity index (χ0n) is 15.4. The summed E-state index contributed by atoms with van der Waals surface area (Å²) in [7, 11) is 0. The quantitative estimate of drug-likeness (QED) is 0.693. The second-order valence-electron chi connectivity index (χ2n) is 7.10. The molecule has 0 aliphatic carbocycles. The molecule has 0 radical (unpaired) electrons. The third-order valence-corrected chi connectivity index (χ3v) is 5.40. The molecule has 1 aliphatic heterocycles. The first kappa shape index (κ1) is 17.5. The lowest BCUT2D eigenvalue weighted by Crippen LogP contribution is -2.27. The molecule has 2 aromatic carbocycles. The van der Waals surface area contributed by atoms with Crippen LogP contribution >= 0.6 is 0 Å². The Balaban J connectivity index is 1.80. The number of benzene rings is 2. The fraction of sp³-hybridized carbons (Fsp3) is 0.304. The Bertz CT molecular complexity index is 1040. The number of hydrogen-bond acceptors (Lipinski definition) is 3. The summed E-state index contributed by atoms with van der Waals surface area (Å²) in [4.78, 5) is 15.6. The van der Waals surface area contributed by atoms with E-state index >= 15 is 0 Å². The van der Waals surface area contributed by atoms with Crippen LogP contribution in [0.3, 0.4) is 0 Å². The van der Waals surface area contributed by atoms with Crippen LogP contribution in [0.25, 0.3) is 22.0 Å². The maximum Gasteiger partial charge on any atom is 0.269 e. The van der Waals surface area contributed by atoms with Gasteiger partial charge in [-0.3, -0.25) is 4.79 Å². The molecule has 1 aliphatic rings. The third-order valence-electron chi connectivity index (χ3n) is 5.40. The molecule has 3 aromatic rings. The molecular formula is C23H23N3O. The lowest BCUT2D eigenvalue weighted by Gasteiger charge is -2.18. The summed E-state index contributed by atoms with van der Waals surface area (Å²) in [5, 5.41) is 10.7. The van der Waals surface area contributed by atoms with E-state index < -0.39 is 0 Å². The monoisotopic (exact) mass is 357 g/mol. The van der Waals surface area contributed by atoms with Gasteiger partial charge in [0.15, 0.2) is 0 Å². The first-order chi connectivity index (χ1) is 13.3. The maximum absolute atomic E-state index is 13.2.